The molecule has 1 N–H and O–H groups in total. The van der Waals surface area contributed by atoms with Gasteiger partial charge in [-0.15, -0.1) is 0 Å². The molecule has 1 aromatic rings. The number of nitriles is 1. The van der Waals surface area contributed by atoms with Gasteiger partial charge >= 0.3 is 0 Å². The molecule has 4 nitrogen and oxygen atoms in total. The lowest BCUT2D eigenvalue weighted by Gasteiger charge is -2.26. The van der Waals surface area contributed by atoms with E-state index in [1.54, 1.807) is 18.2 Å². The molecule has 0 aromatic heterocycles. The third kappa shape index (κ3) is 3.82. The summed E-state index contributed by atoms with van der Waals surface area (Å²) in [5.74, 6) is 0.00184. The molecule has 1 heterocycles. The van der Waals surface area contributed by atoms with Crippen molar-refractivity contribution < 1.29 is 4.79 Å². The molecule has 2 rings (SSSR count). The molecule has 0 bridgehead atoms. The summed E-state index contributed by atoms with van der Waals surface area (Å²) in [7, 11) is 0. The maximum Gasteiger partial charge on any atom is 0.241 e. The smallest absolute Gasteiger partial charge is 0.241 e. The maximum absolute atomic E-state index is 12.3. The van der Waals surface area contributed by atoms with Crippen LogP contribution in [0.5, 0.6) is 0 Å². The van der Waals surface area contributed by atoms with Crippen LogP contribution in [0.1, 0.15) is 38.2 Å². The highest BCUT2D eigenvalue weighted by atomic mass is 16.2. The molecular weight excluding hydrogens is 250 g/mol. The van der Waals surface area contributed by atoms with Crippen molar-refractivity contribution in [1.82, 2.24) is 4.90 Å². The number of carbonyl (C=O) groups excluding carboxylic acids is 1. The average molecular weight is 271 g/mol. The fourth-order valence-electron chi connectivity index (χ4n) is 2.56. The number of benzene rings is 1. The van der Waals surface area contributed by atoms with Gasteiger partial charge in [-0.05, 0) is 51.1 Å². The summed E-state index contributed by atoms with van der Waals surface area (Å²) < 4.78 is 0. The number of hydrogen-bond donors (Lipinski definition) is 1. The highest BCUT2D eigenvalue weighted by Crippen LogP contribution is 2.15. The Morgan fingerprint density at radius 1 is 1.30 bits per heavy atom. The second-order valence-electron chi connectivity index (χ2n) is 5.31. The molecule has 106 valence electrons. The standard InChI is InChI=1S/C16H21N3O/c1-13(19-9-4-2-3-5-10-19)16(20)18-15-8-6-7-14(11-15)12-17/h6-8,11,13H,2-5,9-10H2,1H3,(H,18,20)/t13-/m0/s1. The first-order valence-electron chi connectivity index (χ1n) is 7.26. The number of hydrogen-bond acceptors (Lipinski definition) is 3. The van der Waals surface area contributed by atoms with Crippen molar-refractivity contribution in [3.05, 3.63) is 29.8 Å². The van der Waals surface area contributed by atoms with Crippen LogP contribution in [0.3, 0.4) is 0 Å². The zero-order valence-electron chi connectivity index (χ0n) is 11.9. The highest BCUT2D eigenvalue weighted by Gasteiger charge is 2.22. The molecule has 0 aliphatic carbocycles. The summed E-state index contributed by atoms with van der Waals surface area (Å²) in [5.41, 5.74) is 1.25. The van der Waals surface area contributed by atoms with Gasteiger partial charge in [-0.2, -0.15) is 5.26 Å². The third-order valence-corrected chi connectivity index (χ3v) is 3.83. The Morgan fingerprint density at radius 3 is 2.65 bits per heavy atom. The van der Waals surface area contributed by atoms with Crippen molar-refractivity contribution in [3.8, 4) is 6.07 Å². The van der Waals surface area contributed by atoms with Crippen LogP contribution in [0.4, 0.5) is 5.69 Å². The van der Waals surface area contributed by atoms with Gasteiger partial charge in [0.25, 0.3) is 0 Å². The van der Waals surface area contributed by atoms with E-state index in [0.717, 1.165) is 13.1 Å². The highest BCUT2D eigenvalue weighted by molar-refractivity contribution is 5.94. The minimum absolute atomic E-state index is 0.00184. The molecule has 1 saturated heterocycles. The topological polar surface area (TPSA) is 56.1 Å². The summed E-state index contributed by atoms with van der Waals surface area (Å²) in [6.07, 6.45) is 4.85. The van der Waals surface area contributed by atoms with Gasteiger partial charge in [0.05, 0.1) is 17.7 Å². The van der Waals surface area contributed by atoms with Gasteiger partial charge in [0.1, 0.15) is 0 Å². The van der Waals surface area contributed by atoms with Gasteiger partial charge in [0.2, 0.25) is 5.91 Å². The van der Waals surface area contributed by atoms with Crippen molar-refractivity contribution in [1.29, 1.82) is 5.26 Å². The van der Waals surface area contributed by atoms with Crippen molar-refractivity contribution in [2.75, 3.05) is 18.4 Å². The van der Waals surface area contributed by atoms with Crippen LogP contribution in [0.2, 0.25) is 0 Å². The Kier molecular flexibility index (Phi) is 5.14. The molecule has 0 saturated carbocycles. The lowest BCUT2D eigenvalue weighted by Crippen LogP contribution is -2.42. The van der Waals surface area contributed by atoms with Crippen LogP contribution >= 0.6 is 0 Å². The Bertz CT molecular complexity index is 499. The predicted octanol–water partition coefficient (Wildman–Crippen LogP) is 2.76. The lowest BCUT2D eigenvalue weighted by molar-refractivity contribution is -0.120. The lowest BCUT2D eigenvalue weighted by atomic mass is 10.2. The van der Waals surface area contributed by atoms with E-state index in [9.17, 15) is 4.79 Å². The van der Waals surface area contributed by atoms with Crippen molar-refractivity contribution in [2.24, 2.45) is 0 Å². The normalized spacial score (nSPS) is 17.8. The number of nitrogens with one attached hydrogen (secondary N) is 1. The fraction of sp³-hybridized carbons (Fsp3) is 0.500. The van der Waals surface area contributed by atoms with Crippen LogP contribution in [0.15, 0.2) is 24.3 Å². The number of rotatable bonds is 3. The molecule has 1 aliphatic rings. The molecule has 1 atom stereocenters. The van der Waals surface area contributed by atoms with E-state index in [-0.39, 0.29) is 11.9 Å². The Labute approximate surface area is 120 Å². The van der Waals surface area contributed by atoms with E-state index in [0.29, 0.717) is 11.3 Å². The monoisotopic (exact) mass is 271 g/mol. The van der Waals surface area contributed by atoms with Gasteiger partial charge in [-0.3, -0.25) is 9.69 Å². The van der Waals surface area contributed by atoms with Crippen molar-refractivity contribution in [3.63, 3.8) is 0 Å². The van der Waals surface area contributed by atoms with E-state index in [4.69, 9.17) is 5.26 Å². The number of carbonyl (C=O) groups is 1. The van der Waals surface area contributed by atoms with E-state index in [2.05, 4.69) is 16.3 Å². The van der Waals surface area contributed by atoms with Gasteiger partial charge in [-0.1, -0.05) is 18.9 Å². The molecule has 1 amide bonds. The van der Waals surface area contributed by atoms with Crippen molar-refractivity contribution >= 4 is 11.6 Å². The largest absolute Gasteiger partial charge is 0.325 e. The second kappa shape index (κ2) is 7.06. The molecule has 1 aromatic carbocycles. The number of anilines is 1. The molecule has 0 radical (unpaired) electrons. The zero-order chi connectivity index (χ0) is 14.4. The van der Waals surface area contributed by atoms with E-state index in [1.807, 2.05) is 13.0 Å². The third-order valence-electron chi connectivity index (χ3n) is 3.83. The summed E-state index contributed by atoms with van der Waals surface area (Å²) in [6, 6.07) is 8.98. The molecule has 4 heteroatoms. The predicted molar refractivity (Wildman–Crippen MR) is 79.3 cm³/mol. The molecule has 0 spiro atoms. The summed E-state index contributed by atoms with van der Waals surface area (Å²) >= 11 is 0. The second-order valence-corrected chi connectivity index (χ2v) is 5.31. The van der Waals surface area contributed by atoms with Crippen LogP contribution in [-0.4, -0.2) is 29.9 Å². The number of likely N-dealkylation sites (tertiary alicyclic amines) is 1. The maximum atomic E-state index is 12.3. The minimum Gasteiger partial charge on any atom is -0.325 e. The van der Waals surface area contributed by atoms with E-state index >= 15 is 0 Å². The Morgan fingerprint density at radius 2 is 2.00 bits per heavy atom. The first-order valence-corrected chi connectivity index (χ1v) is 7.26. The van der Waals surface area contributed by atoms with E-state index < -0.39 is 0 Å². The molecule has 20 heavy (non-hydrogen) atoms. The van der Waals surface area contributed by atoms with Gasteiger partial charge in [-0.25, -0.2) is 0 Å². The van der Waals surface area contributed by atoms with Crippen LogP contribution in [-0.2, 0) is 4.79 Å². The quantitative estimate of drug-likeness (QED) is 0.919. The molecule has 0 unspecified atom stereocenters. The molecule has 1 aliphatic heterocycles. The first-order chi connectivity index (χ1) is 9.70. The Balaban J connectivity index is 1.97. The number of amides is 1. The van der Waals surface area contributed by atoms with Gasteiger partial charge in [0, 0.05) is 5.69 Å². The SMILES string of the molecule is C[C@@H](C(=O)Nc1cccc(C#N)c1)N1CCCCCC1. The van der Waals surface area contributed by atoms with Crippen LogP contribution in [0, 0.1) is 11.3 Å². The molecular formula is C16H21N3O. The summed E-state index contributed by atoms with van der Waals surface area (Å²) in [6.45, 7) is 3.94. The summed E-state index contributed by atoms with van der Waals surface area (Å²) in [5, 5.41) is 11.8. The Hall–Kier alpha value is -1.86. The fourth-order valence-corrected chi connectivity index (χ4v) is 2.56. The zero-order valence-corrected chi connectivity index (χ0v) is 11.9. The van der Waals surface area contributed by atoms with Crippen LogP contribution in [0.25, 0.3) is 0 Å². The van der Waals surface area contributed by atoms with Crippen LogP contribution < -0.4 is 5.32 Å². The molecule has 1 fully saturated rings. The average Bonchev–Trinajstić information content (AvgIpc) is 2.75. The summed E-state index contributed by atoms with van der Waals surface area (Å²) in [4.78, 5) is 14.5. The van der Waals surface area contributed by atoms with Gasteiger partial charge in [0.15, 0.2) is 0 Å². The van der Waals surface area contributed by atoms with Crippen molar-refractivity contribution in [2.45, 2.75) is 38.6 Å². The first kappa shape index (κ1) is 14.5. The van der Waals surface area contributed by atoms with Gasteiger partial charge < -0.3 is 5.32 Å². The minimum atomic E-state index is -0.126. The number of nitrogens with zero attached hydrogens (tertiary/aromatic N) is 2. The van der Waals surface area contributed by atoms with E-state index in [1.165, 1.54) is 25.7 Å².